The van der Waals surface area contributed by atoms with Gasteiger partial charge in [0.25, 0.3) is 0 Å². The standard InChI is InChI=1S/C19H22N2O3/c1-4-11-24-16-7-5-15(13-17(16)23-3)6-8-19(22)21-18-12-14(2)9-10-20-18/h5-10,12-13H,4,11H2,1-3H3,(H,20,21,22)/b8-6+. The zero-order valence-corrected chi connectivity index (χ0v) is 14.2. The van der Waals surface area contributed by atoms with Crippen LogP contribution in [-0.2, 0) is 4.79 Å². The first-order valence-corrected chi connectivity index (χ1v) is 7.85. The van der Waals surface area contributed by atoms with Gasteiger partial charge < -0.3 is 14.8 Å². The van der Waals surface area contributed by atoms with E-state index in [0.717, 1.165) is 17.5 Å². The van der Waals surface area contributed by atoms with Crippen LogP contribution in [-0.4, -0.2) is 24.6 Å². The van der Waals surface area contributed by atoms with Crippen molar-refractivity contribution in [2.24, 2.45) is 0 Å². The number of ether oxygens (including phenoxy) is 2. The Balaban J connectivity index is 2.03. The first-order valence-electron chi connectivity index (χ1n) is 7.85. The molecule has 0 unspecified atom stereocenters. The van der Waals surface area contributed by atoms with Crippen LogP contribution >= 0.6 is 0 Å². The number of carbonyl (C=O) groups is 1. The van der Waals surface area contributed by atoms with Crippen molar-refractivity contribution < 1.29 is 14.3 Å². The summed E-state index contributed by atoms with van der Waals surface area (Å²) < 4.78 is 10.9. The van der Waals surface area contributed by atoms with Crippen LogP contribution in [0.25, 0.3) is 6.08 Å². The minimum absolute atomic E-state index is 0.238. The number of aryl methyl sites for hydroxylation is 1. The fraction of sp³-hybridized carbons (Fsp3) is 0.263. The summed E-state index contributed by atoms with van der Waals surface area (Å²) in [6.07, 6.45) is 5.77. The summed E-state index contributed by atoms with van der Waals surface area (Å²) in [4.78, 5) is 16.1. The van der Waals surface area contributed by atoms with Gasteiger partial charge in [-0.3, -0.25) is 4.79 Å². The molecule has 0 saturated heterocycles. The molecule has 126 valence electrons. The third-order valence-corrected chi connectivity index (χ3v) is 3.24. The molecule has 0 radical (unpaired) electrons. The Hall–Kier alpha value is -2.82. The molecule has 2 aromatic rings. The summed E-state index contributed by atoms with van der Waals surface area (Å²) in [5.74, 6) is 1.64. The number of aromatic nitrogens is 1. The van der Waals surface area contributed by atoms with Gasteiger partial charge in [0.05, 0.1) is 13.7 Å². The van der Waals surface area contributed by atoms with Crippen LogP contribution in [0.3, 0.4) is 0 Å². The van der Waals surface area contributed by atoms with E-state index in [9.17, 15) is 4.79 Å². The summed E-state index contributed by atoms with van der Waals surface area (Å²) in [7, 11) is 1.59. The first kappa shape index (κ1) is 17.5. The molecule has 1 heterocycles. The molecule has 0 spiro atoms. The normalized spacial score (nSPS) is 10.6. The SMILES string of the molecule is CCCOc1ccc(/C=C/C(=O)Nc2cc(C)ccn2)cc1OC. The number of benzene rings is 1. The fourth-order valence-electron chi connectivity index (χ4n) is 2.06. The van der Waals surface area contributed by atoms with E-state index < -0.39 is 0 Å². The lowest BCUT2D eigenvalue weighted by molar-refractivity contribution is -0.111. The van der Waals surface area contributed by atoms with Gasteiger partial charge in [-0.25, -0.2) is 4.98 Å². The number of hydrogen-bond acceptors (Lipinski definition) is 4. The van der Waals surface area contributed by atoms with Crippen molar-refractivity contribution in [1.82, 2.24) is 4.98 Å². The number of anilines is 1. The zero-order valence-electron chi connectivity index (χ0n) is 14.2. The molecule has 1 aromatic heterocycles. The fourth-order valence-corrected chi connectivity index (χ4v) is 2.06. The van der Waals surface area contributed by atoms with Crippen molar-refractivity contribution in [3.8, 4) is 11.5 Å². The Bertz CT molecular complexity index is 726. The second kappa shape index (κ2) is 8.72. The molecule has 0 aliphatic carbocycles. The highest BCUT2D eigenvalue weighted by molar-refractivity contribution is 6.01. The Morgan fingerprint density at radius 3 is 2.79 bits per heavy atom. The molecule has 5 nitrogen and oxygen atoms in total. The lowest BCUT2D eigenvalue weighted by atomic mass is 10.2. The van der Waals surface area contributed by atoms with Gasteiger partial charge in [0.15, 0.2) is 11.5 Å². The molecule has 1 N–H and O–H groups in total. The van der Waals surface area contributed by atoms with Crippen molar-refractivity contribution in [3.63, 3.8) is 0 Å². The van der Waals surface area contributed by atoms with Gasteiger partial charge in [0.1, 0.15) is 5.82 Å². The number of hydrogen-bond donors (Lipinski definition) is 1. The topological polar surface area (TPSA) is 60.5 Å². The second-order valence-electron chi connectivity index (χ2n) is 5.30. The number of pyridine rings is 1. The smallest absolute Gasteiger partial charge is 0.249 e. The van der Waals surface area contributed by atoms with Gasteiger partial charge in [0, 0.05) is 12.3 Å². The highest BCUT2D eigenvalue weighted by Gasteiger charge is 2.05. The van der Waals surface area contributed by atoms with Gasteiger partial charge in [-0.05, 0) is 54.8 Å². The predicted octanol–water partition coefficient (Wildman–Crippen LogP) is 3.84. The van der Waals surface area contributed by atoms with Gasteiger partial charge in [0.2, 0.25) is 5.91 Å². The van der Waals surface area contributed by atoms with Crippen LogP contribution in [0.5, 0.6) is 11.5 Å². The summed E-state index contributed by atoms with van der Waals surface area (Å²) in [5.41, 5.74) is 1.89. The van der Waals surface area contributed by atoms with Gasteiger partial charge in [-0.2, -0.15) is 0 Å². The van der Waals surface area contributed by atoms with E-state index in [1.165, 1.54) is 6.08 Å². The number of rotatable bonds is 7. The van der Waals surface area contributed by atoms with Crippen LogP contribution in [0.1, 0.15) is 24.5 Å². The summed E-state index contributed by atoms with van der Waals surface area (Å²) in [5, 5.41) is 2.73. The predicted molar refractivity (Wildman–Crippen MR) is 95.4 cm³/mol. The Morgan fingerprint density at radius 1 is 1.25 bits per heavy atom. The molecule has 1 aromatic carbocycles. The maximum absolute atomic E-state index is 12.0. The Morgan fingerprint density at radius 2 is 2.08 bits per heavy atom. The van der Waals surface area contributed by atoms with Crippen molar-refractivity contribution in [2.75, 3.05) is 19.0 Å². The third-order valence-electron chi connectivity index (χ3n) is 3.24. The average Bonchev–Trinajstić information content (AvgIpc) is 2.58. The van der Waals surface area contributed by atoms with Crippen LogP contribution in [0.15, 0.2) is 42.6 Å². The van der Waals surface area contributed by atoms with E-state index >= 15 is 0 Å². The molecule has 0 bridgehead atoms. The maximum atomic E-state index is 12.0. The molecular weight excluding hydrogens is 304 g/mol. The van der Waals surface area contributed by atoms with Gasteiger partial charge >= 0.3 is 0 Å². The van der Waals surface area contributed by atoms with Crippen molar-refractivity contribution in [2.45, 2.75) is 20.3 Å². The van der Waals surface area contributed by atoms with E-state index in [0.29, 0.717) is 23.9 Å². The van der Waals surface area contributed by atoms with E-state index in [4.69, 9.17) is 9.47 Å². The minimum atomic E-state index is -0.238. The van der Waals surface area contributed by atoms with E-state index in [2.05, 4.69) is 10.3 Å². The van der Waals surface area contributed by atoms with Crippen molar-refractivity contribution in [3.05, 3.63) is 53.7 Å². The molecule has 0 aliphatic rings. The third kappa shape index (κ3) is 5.12. The van der Waals surface area contributed by atoms with E-state index in [1.807, 2.05) is 44.2 Å². The number of carbonyl (C=O) groups excluding carboxylic acids is 1. The van der Waals surface area contributed by atoms with Crippen LogP contribution in [0, 0.1) is 6.92 Å². The molecule has 24 heavy (non-hydrogen) atoms. The quantitative estimate of drug-likeness (QED) is 0.785. The Kier molecular flexibility index (Phi) is 6.37. The molecule has 0 aliphatic heterocycles. The van der Waals surface area contributed by atoms with Crippen LogP contribution in [0.4, 0.5) is 5.82 Å². The molecule has 0 saturated carbocycles. The molecule has 0 atom stereocenters. The number of methoxy groups -OCH3 is 1. The van der Waals surface area contributed by atoms with Crippen LogP contribution in [0.2, 0.25) is 0 Å². The summed E-state index contributed by atoms with van der Waals surface area (Å²) >= 11 is 0. The lowest BCUT2D eigenvalue weighted by Gasteiger charge is -2.10. The number of nitrogens with zero attached hydrogens (tertiary/aromatic N) is 1. The highest BCUT2D eigenvalue weighted by atomic mass is 16.5. The molecular formula is C19H22N2O3. The average molecular weight is 326 g/mol. The van der Waals surface area contributed by atoms with Gasteiger partial charge in [-0.1, -0.05) is 13.0 Å². The monoisotopic (exact) mass is 326 g/mol. The Labute approximate surface area is 142 Å². The zero-order chi connectivity index (χ0) is 17.4. The summed E-state index contributed by atoms with van der Waals surface area (Å²) in [6.45, 7) is 4.63. The number of amides is 1. The largest absolute Gasteiger partial charge is 0.493 e. The van der Waals surface area contributed by atoms with Gasteiger partial charge in [-0.15, -0.1) is 0 Å². The second-order valence-corrected chi connectivity index (χ2v) is 5.30. The maximum Gasteiger partial charge on any atom is 0.249 e. The molecule has 2 rings (SSSR count). The molecule has 0 fully saturated rings. The summed E-state index contributed by atoms with van der Waals surface area (Å²) in [6, 6.07) is 9.24. The van der Waals surface area contributed by atoms with Crippen molar-refractivity contribution in [1.29, 1.82) is 0 Å². The molecule has 1 amide bonds. The lowest BCUT2D eigenvalue weighted by Crippen LogP contribution is -2.09. The van der Waals surface area contributed by atoms with E-state index in [-0.39, 0.29) is 5.91 Å². The number of nitrogens with one attached hydrogen (secondary N) is 1. The van der Waals surface area contributed by atoms with Crippen LogP contribution < -0.4 is 14.8 Å². The first-order chi connectivity index (χ1) is 11.6. The molecule has 5 heteroatoms. The van der Waals surface area contributed by atoms with E-state index in [1.54, 1.807) is 19.4 Å². The highest BCUT2D eigenvalue weighted by Crippen LogP contribution is 2.28. The van der Waals surface area contributed by atoms with Crippen molar-refractivity contribution >= 4 is 17.8 Å². The minimum Gasteiger partial charge on any atom is -0.493 e.